The van der Waals surface area contributed by atoms with Crippen LogP contribution in [0.1, 0.15) is 35.2 Å². The fourth-order valence-corrected chi connectivity index (χ4v) is 5.93. The van der Waals surface area contributed by atoms with E-state index in [1.807, 2.05) is 23.6 Å². The van der Waals surface area contributed by atoms with E-state index >= 15 is 0 Å². The standard InChI is InChI=1S/C26H29FN6O2S2/c1-5-16(17-7-6-8-18-23(25(34)28-2)19(27)11-30-24(17)18)15(12-36-4)10-29-22-9-20(31-14-32-22)21-13-37-26(33-21)35-3/h6-9,11,13-16H,5,10,12H2,1-4H3,(H,28,34)(H,29,31,32). The van der Waals surface area contributed by atoms with Crippen molar-refractivity contribution in [1.82, 2.24) is 25.3 Å². The minimum atomic E-state index is -0.628. The molecule has 3 aromatic heterocycles. The number of rotatable bonds is 11. The van der Waals surface area contributed by atoms with Gasteiger partial charge in [0, 0.05) is 30.4 Å². The number of methoxy groups -OCH3 is 1. The van der Waals surface area contributed by atoms with Crippen LogP contribution in [0.25, 0.3) is 22.3 Å². The fraction of sp³-hybridized carbons (Fsp3) is 0.346. The Balaban J connectivity index is 1.62. The van der Waals surface area contributed by atoms with Gasteiger partial charge in [-0.1, -0.05) is 36.5 Å². The molecule has 0 fully saturated rings. The van der Waals surface area contributed by atoms with Crippen molar-refractivity contribution in [2.45, 2.75) is 19.3 Å². The smallest absolute Gasteiger partial charge is 0.273 e. The number of thioether (sulfide) groups is 1. The SMILES string of the molecule is CCC(c1cccc2c(C(=O)NC)c(F)cnc12)C(CNc1cc(-c2csc(OC)n2)ncn1)CSC. The third-order valence-corrected chi connectivity index (χ3v) is 7.82. The molecule has 1 amide bonds. The van der Waals surface area contributed by atoms with Crippen molar-refractivity contribution >= 4 is 45.7 Å². The van der Waals surface area contributed by atoms with Crippen LogP contribution in [-0.2, 0) is 0 Å². The molecule has 4 rings (SSSR count). The number of carbonyl (C=O) groups excluding carboxylic acids is 1. The van der Waals surface area contributed by atoms with Crippen LogP contribution >= 0.6 is 23.1 Å². The van der Waals surface area contributed by atoms with Crippen molar-refractivity contribution in [2.24, 2.45) is 5.92 Å². The van der Waals surface area contributed by atoms with Crippen LogP contribution in [0.15, 0.2) is 42.2 Å². The number of halogens is 1. The largest absolute Gasteiger partial charge is 0.473 e. The number of hydrogen-bond acceptors (Lipinski definition) is 9. The summed E-state index contributed by atoms with van der Waals surface area (Å²) in [6.45, 7) is 2.80. The molecule has 4 aromatic rings. The van der Waals surface area contributed by atoms with Crippen LogP contribution in [0.5, 0.6) is 5.19 Å². The predicted octanol–water partition coefficient (Wildman–Crippen LogP) is 5.24. The molecular weight excluding hydrogens is 511 g/mol. The number of hydrogen-bond donors (Lipinski definition) is 2. The van der Waals surface area contributed by atoms with E-state index in [0.29, 0.717) is 34.2 Å². The quantitative estimate of drug-likeness (QED) is 0.266. The summed E-state index contributed by atoms with van der Waals surface area (Å²) in [5.74, 6) is 0.860. The fourth-order valence-electron chi connectivity index (χ4n) is 4.51. The van der Waals surface area contributed by atoms with Crippen molar-refractivity contribution in [1.29, 1.82) is 0 Å². The van der Waals surface area contributed by atoms with Crippen molar-refractivity contribution in [3.63, 3.8) is 0 Å². The molecule has 0 saturated heterocycles. The van der Waals surface area contributed by atoms with E-state index in [1.165, 1.54) is 24.7 Å². The maximum atomic E-state index is 14.6. The molecule has 1 aromatic carbocycles. The second-order valence-corrected chi connectivity index (χ2v) is 10.1. The van der Waals surface area contributed by atoms with Crippen molar-refractivity contribution in [3.8, 4) is 16.6 Å². The van der Waals surface area contributed by atoms with Gasteiger partial charge < -0.3 is 15.4 Å². The van der Waals surface area contributed by atoms with Gasteiger partial charge in [0.15, 0.2) is 5.82 Å². The summed E-state index contributed by atoms with van der Waals surface area (Å²) < 4.78 is 19.8. The number of fused-ring (bicyclic) bond motifs is 1. The highest BCUT2D eigenvalue weighted by Crippen LogP contribution is 2.35. The third-order valence-electron chi connectivity index (χ3n) is 6.26. The first-order valence-electron chi connectivity index (χ1n) is 11.8. The average molecular weight is 541 g/mol. The zero-order valence-corrected chi connectivity index (χ0v) is 22.8. The molecule has 2 unspecified atom stereocenters. The average Bonchev–Trinajstić information content (AvgIpc) is 3.41. The number of pyridine rings is 1. The minimum absolute atomic E-state index is 0.0240. The number of amides is 1. The van der Waals surface area contributed by atoms with Gasteiger partial charge in [0.1, 0.15) is 17.8 Å². The summed E-state index contributed by atoms with van der Waals surface area (Å²) in [4.78, 5) is 30.0. The lowest BCUT2D eigenvalue weighted by atomic mass is 9.83. The lowest BCUT2D eigenvalue weighted by Gasteiger charge is -2.27. The summed E-state index contributed by atoms with van der Waals surface area (Å²) in [5, 5.41) is 9.01. The van der Waals surface area contributed by atoms with E-state index in [2.05, 4.69) is 43.7 Å². The Morgan fingerprint density at radius 2 is 2.08 bits per heavy atom. The van der Waals surface area contributed by atoms with Crippen molar-refractivity contribution in [3.05, 3.63) is 59.1 Å². The van der Waals surface area contributed by atoms with Crippen LogP contribution in [0.2, 0.25) is 0 Å². The highest BCUT2D eigenvalue weighted by Gasteiger charge is 2.26. The summed E-state index contributed by atoms with van der Waals surface area (Å²) >= 11 is 3.18. The third kappa shape index (κ3) is 5.83. The van der Waals surface area contributed by atoms with Crippen molar-refractivity contribution in [2.75, 3.05) is 38.0 Å². The molecule has 0 radical (unpaired) electrons. The van der Waals surface area contributed by atoms with Gasteiger partial charge in [-0.25, -0.2) is 19.3 Å². The van der Waals surface area contributed by atoms with Crippen LogP contribution in [0.3, 0.4) is 0 Å². The number of nitrogens with zero attached hydrogens (tertiary/aromatic N) is 4. The lowest BCUT2D eigenvalue weighted by molar-refractivity contribution is 0.0960. The Labute approximate surface area is 223 Å². The molecule has 0 aliphatic carbocycles. The van der Waals surface area contributed by atoms with Crippen LogP contribution in [0.4, 0.5) is 10.2 Å². The number of aromatic nitrogens is 4. The van der Waals surface area contributed by atoms with Gasteiger partial charge in [-0.05, 0) is 35.8 Å². The van der Waals surface area contributed by atoms with Gasteiger partial charge in [-0.2, -0.15) is 11.8 Å². The maximum Gasteiger partial charge on any atom is 0.273 e. The second kappa shape index (κ2) is 12.3. The number of para-hydroxylation sites is 1. The highest BCUT2D eigenvalue weighted by atomic mass is 32.2. The van der Waals surface area contributed by atoms with Gasteiger partial charge in [0.25, 0.3) is 11.1 Å². The van der Waals surface area contributed by atoms with E-state index in [-0.39, 0.29) is 17.4 Å². The zero-order valence-electron chi connectivity index (χ0n) is 21.1. The summed E-state index contributed by atoms with van der Waals surface area (Å²) in [7, 11) is 3.09. The van der Waals surface area contributed by atoms with E-state index < -0.39 is 11.7 Å². The molecule has 0 spiro atoms. The number of carbonyl (C=O) groups is 1. The molecule has 0 aliphatic heterocycles. The molecule has 2 atom stereocenters. The Morgan fingerprint density at radius 1 is 1.24 bits per heavy atom. The first-order valence-corrected chi connectivity index (χ1v) is 14.1. The number of nitrogens with one attached hydrogen (secondary N) is 2. The molecule has 3 heterocycles. The second-order valence-electron chi connectivity index (χ2n) is 8.41. The molecule has 194 valence electrons. The molecule has 37 heavy (non-hydrogen) atoms. The first kappa shape index (κ1) is 26.7. The van der Waals surface area contributed by atoms with Gasteiger partial charge >= 0.3 is 0 Å². The molecule has 0 saturated carbocycles. The predicted molar refractivity (Wildman–Crippen MR) is 148 cm³/mol. The number of benzene rings is 1. The molecule has 0 aliphatic rings. The van der Waals surface area contributed by atoms with Crippen molar-refractivity contribution < 1.29 is 13.9 Å². The maximum absolute atomic E-state index is 14.6. The molecule has 8 nitrogen and oxygen atoms in total. The zero-order chi connectivity index (χ0) is 26.4. The van der Waals surface area contributed by atoms with Gasteiger partial charge in [0.2, 0.25) is 0 Å². The van der Waals surface area contributed by atoms with Crippen LogP contribution in [-0.4, -0.2) is 58.6 Å². The monoisotopic (exact) mass is 540 g/mol. The normalized spacial score (nSPS) is 12.8. The number of anilines is 1. The Hall–Kier alpha value is -3.31. The summed E-state index contributed by atoms with van der Waals surface area (Å²) in [6.07, 6.45) is 5.60. The van der Waals surface area contributed by atoms with Gasteiger partial charge in [-0.15, -0.1) is 0 Å². The molecule has 0 bridgehead atoms. The minimum Gasteiger partial charge on any atom is -0.473 e. The Kier molecular flexibility index (Phi) is 8.88. The van der Waals surface area contributed by atoms with E-state index in [1.54, 1.807) is 24.9 Å². The lowest BCUT2D eigenvalue weighted by Crippen LogP contribution is -2.25. The first-order chi connectivity index (χ1) is 18.0. The number of ether oxygens (including phenoxy) is 1. The molecule has 11 heteroatoms. The van der Waals surface area contributed by atoms with Gasteiger partial charge in [0.05, 0.1) is 30.1 Å². The van der Waals surface area contributed by atoms with E-state index in [9.17, 15) is 9.18 Å². The Morgan fingerprint density at radius 3 is 2.78 bits per heavy atom. The molecular formula is C26H29FN6O2S2. The summed E-state index contributed by atoms with van der Waals surface area (Å²) in [5.41, 5.74) is 3.13. The van der Waals surface area contributed by atoms with Crippen LogP contribution in [0, 0.1) is 11.7 Å². The number of thiazole rings is 1. The molecule has 2 N–H and O–H groups in total. The Bertz CT molecular complexity index is 1380. The van der Waals surface area contributed by atoms with Crippen LogP contribution < -0.4 is 15.4 Å². The topological polar surface area (TPSA) is 102 Å². The van der Waals surface area contributed by atoms with E-state index in [0.717, 1.165) is 29.6 Å². The summed E-state index contributed by atoms with van der Waals surface area (Å²) in [6, 6.07) is 7.53. The highest BCUT2D eigenvalue weighted by molar-refractivity contribution is 7.98. The van der Waals surface area contributed by atoms with E-state index in [4.69, 9.17) is 4.74 Å². The van der Waals surface area contributed by atoms with Gasteiger partial charge in [-0.3, -0.25) is 9.78 Å².